The Kier molecular flexibility index (Phi) is 3.15. The zero-order chi connectivity index (χ0) is 13.2. The first-order valence-electron chi connectivity index (χ1n) is 5.73. The molecule has 2 aromatic heterocycles. The summed E-state index contributed by atoms with van der Waals surface area (Å²) in [4.78, 5) is 3.99. The highest BCUT2D eigenvalue weighted by Crippen LogP contribution is 2.25. The average Bonchev–Trinajstić information content (AvgIpc) is 2.86. The maximum Gasteiger partial charge on any atom is 0.180 e. The molecule has 1 aromatic carbocycles. The second-order valence-corrected chi connectivity index (χ2v) is 4.40. The van der Waals surface area contributed by atoms with Gasteiger partial charge >= 0.3 is 0 Å². The van der Waals surface area contributed by atoms with Crippen LogP contribution in [0.1, 0.15) is 17.5 Å². The van der Waals surface area contributed by atoms with Gasteiger partial charge in [-0.2, -0.15) is 0 Å². The molecule has 0 aliphatic heterocycles. The second kappa shape index (κ2) is 4.95. The van der Waals surface area contributed by atoms with Crippen LogP contribution < -0.4 is 0 Å². The molecule has 0 N–H and O–H groups in total. The van der Waals surface area contributed by atoms with Crippen LogP contribution in [-0.2, 0) is 4.74 Å². The van der Waals surface area contributed by atoms with Crippen molar-refractivity contribution in [1.82, 2.24) is 19.6 Å². The van der Waals surface area contributed by atoms with E-state index in [-0.39, 0.29) is 6.10 Å². The van der Waals surface area contributed by atoms with E-state index < -0.39 is 0 Å². The molecule has 0 saturated heterocycles. The molecule has 0 aliphatic carbocycles. The van der Waals surface area contributed by atoms with Crippen LogP contribution in [0.4, 0.5) is 0 Å². The third-order valence-corrected chi connectivity index (χ3v) is 3.14. The summed E-state index contributed by atoms with van der Waals surface area (Å²) in [6.45, 7) is 0. The summed E-state index contributed by atoms with van der Waals surface area (Å²) in [5, 5.41) is 8.68. The van der Waals surface area contributed by atoms with Gasteiger partial charge in [0.05, 0.1) is 12.4 Å². The Labute approximate surface area is 114 Å². The van der Waals surface area contributed by atoms with Crippen molar-refractivity contribution >= 4 is 17.2 Å². The minimum Gasteiger partial charge on any atom is -0.369 e. The number of halogens is 1. The third-order valence-electron chi connectivity index (χ3n) is 2.87. The molecule has 19 heavy (non-hydrogen) atoms. The largest absolute Gasteiger partial charge is 0.369 e. The SMILES string of the molecule is COC(c1ccccc1)c1nnc2cncc(Cl)n12. The Morgan fingerprint density at radius 1 is 1.16 bits per heavy atom. The average molecular weight is 275 g/mol. The molecule has 1 atom stereocenters. The van der Waals surface area contributed by atoms with Crippen LogP contribution in [0.25, 0.3) is 5.65 Å². The lowest BCUT2D eigenvalue weighted by Gasteiger charge is -2.14. The highest BCUT2D eigenvalue weighted by molar-refractivity contribution is 6.29. The highest BCUT2D eigenvalue weighted by Gasteiger charge is 2.20. The fraction of sp³-hybridized carbons (Fsp3) is 0.154. The van der Waals surface area contributed by atoms with Gasteiger partial charge in [0.25, 0.3) is 0 Å². The van der Waals surface area contributed by atoms with E-state index in [1.54, 1.807) is 23.9 Å². The summed E-state index contributed by atoms with van der Waals surface area (Å²) in [6.07, 6.45) is 2.84. The first-order valence-corrected chi connectivity index (χ1v) is 6.11. The molecule has 3 aromatic rings. The first kappa shape index (κ1) is 12.1. The fourth-order valence-corrected chi connectivity index (χ4v) is 2.25. The first-order chi connectivity index (χ1) is 9.31. The van der Waals surface area contributed by atoms with E-state index >= 15 is 0 Å². The summed E-state index contributed by atoms with van der Waals surface area (Å²) in [6, 6.07) is 9.81. The molecule has 0 spiro atoms. The van der Waals surface area contributed by atoms with Crippen LogP contribution in [0.5, 0.6) is 0 Å². The lowest BCUT2D eigenvalue weighted by atomic mass is 10.1. The maximum absolute atomic E-state index is 6.16. The van der Waals surface area contributed by atoms with E-state index in [0.29, 0.717) is 16.6 Å². The molecule has 0 fully saturated rings. The molecule has 1 unspecified atom stereocenters. The van der Waals surface area contributed by atoms with Gasteiger partial charge < -0.3 is 4.74 Å². The van der Waals surface area contributed by atoms with Crippen LogP contribution in [0.3, 0.4) is 0 Å². The van der Waals surface area contributed by atoms with Gasteiger partial charge in [0.1, 0.15) is 11.3 Å². The number of aromatic nitrogens is 4. The predicted octanol–water partition coefficient (Wildman–Crippen LogP) is 2.51. The molecule has 0 bridgehead atoms. The number of hydrogen-bond donors (Lipinski definition) is 0. The van der Waals surface area contributed by atoms with E-state index in [2.05, 4.69) is 15.2 Å². The number of methoxy groups -OCH3 is 1. The van der Waals surface area contributed by atoms with E-state index in [1.807, 2.05) is 30.3 Å². The third kappa shape index (κ3) is 2.07. The van der Waals surface area contributed by atoms with Crippen molar-refractivity contribution in [3.63, 3.8) is 0 Å². The van der Waals surface area contributed by atoms with Gasteiger partial charge in [0, 0.05) is 7.11 Å². The van der Waals surface area contributed by atoms with Crippen molar-refractivity contribution < 1.29 is 4.74 Å². The lowest BCUT2D eigenvalue weighted by Crippen LogP contribution is -2.08. The summed E-state index contributed by atoms with van der Waals surface area (Å²) in [5.74, 6) is 0.635. The standard InChI is InChI=1S/C13H11ClN4O/c1-19-12(9-5-3-2-4-6-9)13-17-16-11-8-15-7-10(14)18(11)13/h2-8,12H,1H3. The lowest BCUT2D eigenvalue weighted by molar-refractivity contribution is 0.128. The zero-order valence-corrected chi connectivity index (χ0v) is 10.9. The maximum atomic E-state index is 6.16. The molecule has 3 rings (SSSR count). The molecule has 5 nitrogen and oxygen atoms in total. The molecular formula is C13H11ClN4O. The number of hydrogen-bond acceptors (Lipinski definition) is 4. The van der Waals surface area contributed by atoms with Gasteiger partial charge in [0.15, 0.2) is 11.5 Å². The minimum atomic E-state index is -0.323. The molecule has 6 heteroatoms. The molecule has 0 amide bonds. The van der Waals surface area contributed by atoms with Crippen LogP contribution >= 0.6 is 11.6 Å². The fourth-order valence-electron chi connectivity index (χ4n) is 2.02. The Balaban J connectivity index is 2.17. The van der Waals surface area contributed by atoms with E-state index in [1.165, 1.54) is 0 Å². The van der Waals surface area contributed by atoms with Gasteiger partial charge in [-0.25, -0.2) is 0 Å². The normalized spacial score (nSPS) is 12.7. The van der Waals surface area contributed by atoms with Crippen LogP contribution in [0.2, 0.25) is 5.15 Å². The van der Waals surface area contributed by atoms with Crippen LogP contribution in [0.15, 0.2) is 42.7 Å². The molecule has 96 valence electrons. The summed E-state index contributed by atoms with van der Waals surface area (Å²) in [5.41, 5.74) is 1.59. The van der Waals surface area contributed by atoms with Crippen molar-refractivity contribution in [2.75, 3.05) is 7.11 Å². The van der Waals surface area contributed by atoms with E-state index in [0.717, 1.165) is 5.56 Å². The number of rotatable bonds is 3. The zero-order valence-electron chi connectivity index (χ0n) is 10.2. The van der Waals surface area contributed by atoms with Gasteiger partial charge in [0.2, 0.25) is 0 Å². The van der Waals surface area contributed by atoms with Crippen molar-refractivity contribution in [3.05, 3.63) is 59.3 Å². The number of ether oxygens (including phenoxy) is 1. The molecular weight excluding hydrogens is 264 g/mol. The Morgan fingerprint density at radius 3 is 2.68 bits per heavy atom. The van der Waals surface area contributed by atoms with E-state index in [9.17, 15) is 0 Å². The summed E-state index contributed by atoms with van der Waals surface area (Å²) >= 11 is 6.16. The van der Waals surface area contributed by atoms with Crippen LogP contribution in [-0.4, -0.2) is 26.7 Å². The van der Waals surface area contributed by atoms with Crippen molar-refractivity contribution in [2.45, 2.75) is 6.10 Å². The van der Waals surface area contributed by atoms with E-state index in [4.69, 9.17) is 16.3 Å². The number of benzene rings is 1. The van der Waals surface area contributed by atoms with Gasteiger partial charge in [-0.1, -0.05) is 41.9 Å². The topological polar surface area (TPSA) is 52.3 Å². The Morgan fingerprint density at radius 2 is 1.95 bits per heavy atom. The number of nitrogens with zero attached hydrogens (tertiary/aromatic N) is 4. The number of fused-ring (bicyclic) bond motifs is 1. The van der Waals surface area contributed by atoms with Crippen molar-refractivity contribution in [3.8, 4) is 0 Å². The molecule has 0 aliphatic rings. The minimum absolute atomic E-state index is 0.323. The summed E-state index contributed by atoms with van der Waals surface area (Å²) < 4.78 is 7.27. The monoisotopic (exact) mass is 274 g/mol. The highest BCUT2D eigenvalue weighted by atomic mass is 35.5. The van der Waals surface area contributed by atoms with Gasteiger partial charge in [-0.3, -0.25) is 9.38 Å². The van der Waals surface area contributed by atoms with Gasteiger partial charge in [-0.15, -0.1) is 10.2 Å². The molecule has 0 radical (unpaired) electrons. The summed E-state index contributed by atoms with van der Waals surface area (Å²) in [7, 11) is 1.63. The van der Waals surface area contributed by atoms with Gasteiger partial charge in [-0.05, 0) is 5.56 Å². The smallest absolute Gasteiger partial charge is 0.180 e. The van der Waals surface area contributed by atoms with Crippen molar-refractivity contribution in [1.29, 1.82) is 0 Å². The Bertz CT molecular complexity index is 698. The second-order valence-electron chi connectivity index (χ2n) is 4.01. The van der Waals surface area contributed by atoms with Crippen molar-refractivity contribution in [2.24, 2.45) is 0 Å². The predicted molar refractivity (Wildman–Crippen MR) is 71.1 cm³/mol. The quantitative estimate of drug-likeness (QED) is 0.736. The molecule has 0 saturated carbocycles. The Hall–Kier alpha value is -1.98. The molecule has 2 heterocycles. The van der Waals surface area contributed by atoms with Crippen LogP contribution in [0, 0.1) is 0 Å².